The third kappa shape index (κ3) is 3.11. The molecule has 0 heterocycles. The van der Waals surface area contributed by atoms with E-state index in [9.17, 15) is 8.78 Å². The highest BCUT2D eigenvalue weighted by Crippen LogP contribution is 2.33. The van der Waals surface area contributed by atoms with Gasteiger partial charge in [0.05, 0.1) is 0 Å². The topological polar surface area (TPSA) is 29.3 Å². The van der Waals surface area contributed by atoms with Gasteiger partial charge < -0.3 is 10.6 Å². The second kappa shape index (κ2) is 6.53. The number of nitrogens with two attached hydrogens (primary N) is 1. The highest BCUT2D eigenvalue weighted by Gasteiger charge is 2.26. The first-order valence-corrected chi connectivity index (χ1v) is 7.47. The molecule has 4 heteroatoms. The van der Waals surface area contributed by atoms with Gasteiger partial charge in [-0.15, -0.1) is 0 Å². The van der Waals surface area contributed by atoms with Crippen molar-refractivity contribution in [2.45, 2.75) is 51.6 Å². The summed E-state index contributed by atoms with van der Waals surface area (Å²) in [7, 11) is 1.79. The van der Waals surface area contributed by atoms with Crippen molar-refractivity contribution >= 4 is 5.69 Å². The van der Waals surface area contributed by atoms with Gasteiger partial charge in [0.25, 0.3) is 0 Å². The molecule has 2 rings (SSSR count). The maximum Gasteiger partial charge on any atom is 0.149 e. The first kappa shape index (κ1) is 15.2. The normalized spacial score (nSPS) is 22.9. The molecular formula is C16H24F2N2. The van der Waals surface area contributed by atoms with Crippen LogP contribution in [0.1, 0.15) is 44.6 Å². The number of anilines is 1. The van der Waals surface area contributed by atoms with Gasteiger partial charge in [0, 0.05) is 19.6 Å². The zero-order valence-electron chi connectivity index (χ0n) is 12.3. The molecular weight excluding hydrogens is 258 g/mol. The van der Waals surface area contributed by atoms with Crippen LogP contribution in [0.5, 0.6) is 0 Å². The smallest absolute Gasteiger partial charge is 0.149 e. The standard InChI is InChI=1S/C16H24F2N2/c1-3-11-4-6-13(7-5-11)20(2)16-14(17)8-12(10-19)9-15(16)18/h8-9,11,13H,3-7,10,19H2,1-2H3. The predicted molar refractivity (Wildman–Crippen MR) is 78.7 cm³/mol. The molecule has 1 fully saturated rings. The lowest BCUT2D eigenvalue weighted by Crippen LogP contribution is -2.36. The summed E-state index contributed by atoms with van der Waals surface area (Å²) >= 11 is 0. The van der Waals surface area contributed by atoms with E-state index >= 15 is 0 Å². The minimum Gasteiger partial charge on any atom is -0.367 e. The lowest BCUT2D eigenvalue weighted by molar-refractivity contribution is 0.311. The van der Waals surface area contributed by atoms with Gasteiger partial charge in [0.1, 0.15) is 17.3 Å². The second-order valence-electron chi connectivity index (χ2n) is 5.81. The summed E-state index contributed by atoms with van der Waals surface area (Å²) in [4.78, 5) is 1.77. The van der Waals surface area contributed by atoms with Crippen LogP contribution in [0.15, 0.2) is 12.1 Å². The number of nitrogens with zero attached hydrogens (tertiary/aromatic N) is 1. The summed E-state index contributed by atoms with van der Waals surface area (Å²) in [5.74, 6) is -0.245. The molecule has 0 saturated heterocycles. The number of hydrogen-bond donors (Lipinski definition) is 1. The number of halogens is 2. The Morgan fingerprint density at radius 3 is 2.15 bits per heavy atom. The molecule has 1 saturated carbocycles. The van der Waals surface area contributed by atoms with Crippen molar-refractivity contribution in [1.82, 2.24) is 0 Å². The first-order chi connectivity index (χ1) is 9.56. The molecule has 112 valence electrons. The second-order valence-corrected chi connectivity index (χ2v) is 5.81. The monoisotopic (exact) mass is 282 g/mol. The Kier molecular flexibility index (Phi) is 4.97. The van der Waals surface area contributed by atoms with Gasteiger partial charge in [0.15, 0.2) is 0 Å². The van der Waals surface area contributed by atoms with Gasteiger partial charge in [-0.05, 0) is 49.3 Å². The SMILES string of the molecule is CCC1CCC(N(C)c2c(F)cc(CN)cc2F)CC1. The zero-order chi connectivity index (χ0) is 14.7. The fourth-order valence-corrected chi connectivity index (χ4v) is 3.20. The Morgan fingerprint density at radius 1 is 1.15 bits per heavy atom. The fraction of sp³-hybridized carbons (Fsp3) is 0.625. The summed E-state index contributed by atoms with van der Waals surface area (Å²) in [6.45, 7) is 2.36. The lowest BCUT2D eigenvalue weighted by atomic mass is 9.84. The van der Waals surface area contributed by atoms with Crippen LogP contribution in [-0.2, 0) is 6.54 Å². The molecule has 2 N–H and O–H groups in total. The highest BCUT2D eigenvalue weighted by atomic mass is 19.1. The maximum atomic E-state index is 14.1. The molecule has 2 nitrogen and oxygen atoms in total. The summed E-state index contributed by atoms with van der Waals surface area (Å²) in [6.07, 6.45) is 5.51. The van der Waals surface area contributed by atoms with Crippen molar-refractivity contribution < 1.29 is 8.78 Å². The average Bonchev–Trinajstić information content (AvgIpc) is 2.46. The van der Waals surface area contributed by atoms with Crippen LogP contribution in [0.3, 0.4) is 0 Å². The van der Waals surface area contributed by atoms with Crippen molar-refractivity contribution in [3.8, 4) is 0 Å². The Bertz CT molecular complexity index is 431. The van der Waals surface area contributed by atoms with Crippen LogP contribution < -0.4 is 10.6 Å². The predicted octanol–water partition coefficient (Wildman–Crippen LogP) is 3.83. The largest absolute Gasteiger partial charge is 0.367 e. The van der Waals surface area contributed by atoms with Crippen molar-refractivity contribution in [3.63, 3.8) is 0 Å². The van der Waals surface area contributed by atoms with Crippen LogP contribution in [-0.4, -0.2) is 13.1 Å². The molecule has 0 amide bonds. The minimum absolute atomic E-state index is 0.0853. The highest BCUT2D eigenvalue weighted by molar-refractivity contribution is 5.51. The van der Waals surface area contributed by atoms with Gasteiger partial charge in [-0.25, -0.2) is 8.78 Å². The molecule has 0 atom stereocenters. The van der Waals surface area contributed by atoms with E-state index in [1.165, 1.54) is 18.6 Å². The van der Waals surface area contributed by atoms with E-state index in [4.69, 9.17) is 5.73 Å². The molecule has 0 bridgehead atoms. The Labute approximate surface area is 120 Å². The van der Waals surface area contributed by atoms with Crippen LogP contribution in [0.4, 0.5) is 14.5 Å². The van der Waals surface area contributed by atoms with E-state index in [1.807, 2.05) is 0 Å². The zero-order valence-corrected chi connectivity index (χ0v) is 12.3. The summed E-state index contributed by atoms with van der Waals surface area (Å²) < 4.78 is 28.2. The van der Waals surface area contributed by atoms with Crippen molar-refractivity contribution in [2.75, 3.05) is 11.9 Å². The van der Waals surface area contributed by atoms with Crippen LogP contribution in [0, 0.1) is 17.6 Å². The van der Waals surface area contributed by atoms with E-state index in [2.05, 4.69) is 6.92 Å². The average molecular weight is 282 g/mol. The molecule has 1 aromatic carbocycles. The van der Waals surface area contributed by atoms with Gasteiger partial charge >= 0.3 is 0 Å². The third-order valence-corrected chi connectivity index (χ3v) is 4.61. The van der Waals surface area contributed by atoms with E-state index in [1.54, 1.807) is 11.9 Å². The quantitative estimate of drug-likeness (QED) is 0.909. The molecule has 0 aliphatic heterocycles. The van der Waals surface area contributed by atoms with Gasteiger partial charge in [0.2, 0.25) is 0 Å². The molecule has 0 radical (unpaired) electrons. The van der Waals surface area contributed by atoms with E-state index in [0.717, 1.165) is 31.6 Å². The van der Waals surface area contributed by atoms with E-state index in [-0.39, 0.29) is 18.3 Å². The van der Waals surface area contributed by atoms with Crippen LogP contribution >= 0.6 is 0 Å². The van der Waals surface area contributed by atoms with Crippen LogP contribution in [0.25, 0.3) is 0 Å². The van der Waals surface area contributed by atoms with Crippen LogP contribution in [0.2, 0.25) is 0 Å². The first-order valence-electron chi connectivity index (χ1n) is 7.47. The Morgan fingerprint density at radius 2 is 1.70 bits per heavy atom. The summed E-state index contributed by atoms with van der Waals surface area (Å²) in [5, 5.41) is 0. The number of rotatable bonds is 4. The fourth-order valence-electron chi connectivity index (χ4n) is 3.20. The molecule has 20 heavy (non-hydrogen) atoms. The number of hydrogen-bond acceptors (Lipinski definition) is 2. The summed E-state index contributed by atoms with van der Waals surface area (Å²) in [5.41, 5.74) is 6.02. The molecule has 1 aromatic rings. The maximum absolute atomic E-state index is 14.1. The molecule has 1 aliphatic carbocycles. The minimum atomic E-state index is -0.509. The summed E-state index contributed by atoms with van der Waals surface area (Å²) in [6, 6.07) is 2.91. The Balaban J connectivity index is 2.15. The van der Waals surface area contributed by atoms with Gasteiger partial charge in [-0.1, -0.05) is 13.3 Å². The number of benzene rings is 1. The van der Waals surface area contributed by atoms with Gasteiger partial charge in [-0.2, -0.15) is 0 Å². The van der Waals surface area contributed by atoms with Crippen molar-refractivity contribution in [1.29, 1.82) is 0 Å². The lowest BCUT2D eigenvalue weighted by Gasteiger charge is -2.36. The molecule has 0 spiro atoms. The van der Waals surface area contributed by atoms with Crippen molar-refractivity contribution in [2.24, 2.45) is 11.7 Å². The molecule has 1 aliphatic rings. The molecule has 0 aromatic heterocycles. The van der Waals surface area contributed by atoms with E-state index in [0.29, 0.717) is 5.56 Å². The van der Waals surface area contributed by atoms with Crippen molar-refractivity contribution in [3.05, 3.63) is 29.3 Å². The molecule has 0 unspecified atom stereocenters. The van der Waals surface area contributed by atoms with E-state index < -0.39 is 11.6 Å². The van der Waals surface area contributed by atoms with Gasteiger partial charge in [-0.3, -0.25) is 0 Å². The Hall–Kier alpha value is -1.16. The third-order valence-electron chi connectivity index (χ3n) is 4.61.